The molecule has 114 valence electrons. The van der Waals surface area contributed by atoms with Gasteiger partial charge in [-0.25, -0.2) is 0 Å². The first-order valence-corrected chi connectivity index (χ1v) is 9.80. The summed E-state index contributed by atoms with van der Waals surface area (Å²) >= 11 is 0. The summed E-state index contributed by atoms with van der Waals surface area (Å²) in [5, 5.41) is 9.96. The number of aliphatic hydroxyl groups is 1. The van der Waals surface area contributed by atoms with E-state index < -0.39 is 26.8 Å². The summed E-state index contributed by atoms with van der Waals surface area (Å²) in [6.45, 7) is 6.67. The Hall–Kier alpha value is -0.0231. The Labute approximate surface area is 116 Å². The second-order valence-electron chi connectivity index (χ2n) is 5.59. The van der Waals surface area contributed by atoms with Crippen LogP contribution in [0, 0.1) is 0 Å². The fraction of sp³-hybridized carbons (Fsp3) is 1.00. The molecule has 1 rings (SSSR count). The van der Waals surface area contributed by atoms with Crippen LogP contribution >= 0.6 is 0 Å². The van der Waals surface area contributed by atoms with Crippen molar-refractivity contribution in [1.82, 2.24) is 0 Å². The largest absolute Gasteiger partial charge is 0.415 e. The van der Waals surface area contributed by atoms with E-state index in [1.165, 1.54) is 7.11 Å². The zero-order valence-corrected chi connectivity index (χ0v) is 13.6. The number of aliphatic hydroxyl groups excluding tert-OH is 1. The molecule has 0 aromatic heterocycles. The molecular formula is C12H26O6Si. The van der Waals surface area contributed by atoms with Crippen LogP contribution in [0.1, 0.15) is 0 Å². The first kappa shape index (κ1) is 17.0. The van der Waals surface area contributed by atoms with Crippen molar-refractivity contribution < 1.29 is 28.5 Å². The zero-order chi connectivity index (χ0) is 14.6. The van der Waals surface area contributed by atoms with Crippen molar-refractivity contribution in [3.05, 3.63) is 0 Å². The molecule has 1 saturated heterocycles. The van der Waals surface area contributed by atoms with Crippen molar-refractivity contribution in [2.75, 3.05) is 27.9 Å². The predicted octanol–water partition coefficient (Wildman–Crippen LogP) is 0.600. The normalized spacial score (nSPS) is 36.5. The molecule has 1 heterocycles. The lowest BCUT2D eigenvalue weighted by molar-refractivity contribution is -0.298. The van der Waals surface area contributed by atoms with Gasteiger partial charge in [0.1, 0.15) is 24.4 Å². The Bertz CT molecular complexity index is 269. The van der Waals surface area contributed by atoms with E-state index in [4.69, 9.17) is 23.4 Å². The number of hydrogen-bond acceptors (Lipinski definition) is 6. The fourth-order valence-corrected chi connectivity index (χ4v) is 2.83. The number of ether oxygens (including phenoxy) is 4. The van der Waals surface area contributed by atoms with Gasteiger partial charge in [-0.3, -0.25) is 0 Å². The molecule has 7 heteroatoms. The maximum absolute atomic E-state index is 9.96. The monoisotopic (exact) mass is 294 g/mol. The minimum atomic E-state index is -1.65. The molecule has 19 heavy (non-hydrogen) atoms. The molecule has 0 unspecified atom stereocenters. The number of hydrogen-bond donors (Lipinski definition) is 1. The third-order valence-corrected chi connectivity index (χ3v) is 4.14. The van der Waals surface area contributed by atoms with Crippen LogP contribution in [-0.4, -0.2) is 72.1 Å². The van der Waals surface area contributed by atoms with Gasteiger partial charge >= 0.3 is 0 Å². The smallest absolute Gasteiger partial charge is 0.184 e. The van der Waals surface area contributed by atoms with E-state index in [0.717, 1.165) is 0 Å². The molecule has 1 aliphatic rings. The molecule has 0 aromatic rings. The summed E-state index contributed by atoms with van der Waals surface area (Å²) in [6.07, 6.45) is -2.72. The molecule has 6 nitrogen and oxygen atoms in total. The van der Waals surface area contributed by atoms with Gasteiger partial charge in [0.2, 0.25) is 0 Å². The van der Waals surface area contributed by atoms with E-state index in [0.29, 0.717) is 6.61 Å². The summed E-state index contributed by atoms with van der Waals surface area (Å²) in [5.41, 5.74) is 0. The van der Waals surface area contributed by atoms with Gasteiger partial charge < -0.3 is 28.5 Å². The van der Waals surface area contributed by atoms with Crippen LogP contribution in [-0.2, 0) is 23.4 Å². The van der Waals surface area contributed by atoms with Crippen molar-refractivity contribution >= 4 is 8.32 Å². The Kier molecular flexibility index (Phi) is 6.38. The Morgan fingerprint density at radius 3 is 1.89 bits per heavy atom. The standard InChI is InChI=1S/C12H26O6Si/c1-14-9-8(7-17-19(4,5)6)18-12(13)11(16-3)10(9)15-2/h8-13H,7H2,1-6H3/t8-,9-,10+,11-,12+/m1/s1. The van der Waals surface area contributed by atoms with Gasteiger partial charge in [-0.05, 0) is 19.6 Å². The second kappa shape index (κ2) is 7.12. The van der Waals surface area contributed by atoms with Crippen LogP contribution in [0.5, 0.6) is 0 Å². The van der Waals surface area contributed by atoms with Gasteiger partial charge in [0, 0.05) is 21.3 Å². The molecule has 0 aromatic carbocycles. The SMILES string of the molecule is CO[C@@H]1[C@@H](OC)[C@@H](O)O[C@H](CO[Si](C)(C)C)[C@H]1OC. The van der Waals surface area contributed by atoms with Crippen LogP contribution in [0.15, 0.2) is 0 Å². The molecular weight excluding hydrogens is 268 g/mol. The Morgan fingerprint density at radius 1 is 0.947 bits per heavy atom. The quantitative estimate of drug-likeness (QED) is 0.724. The summed E-state index contributed by atoms with van der Waals surface area (Å²) in [5.74, 6) is 0. The molecule has 1 N–H and O–H groups in total. The molecule has 5 atom stereocenters. The molecule has 1 aliphatic heterocycles. The minimum absolute atomic E-state index is 0.338. The first-order chi connectivity index (χ1) is 8.84. The summed E-state index contributed by atoms with van der Waals surface area (Å²) in [4.78, 5) is 0. The van der Waals surface area contributed by atoms with Crippen LogP contribution < -0.4 is 0 Å². The van der Waals surface area contributed by atoms with Crippen LogP contribution in [0.2, 0.25) is 19.6 Å². The van der Waals surface area contributed by atoms with Crippen molar-refractivity contribution in [2.45, 2.75) is 50.3 Å². The highest BCUT2D eigenvalue weighted by atomic mass is 28.4. The van der Waals surface area contributed by atoms with Crippen molar-refractivity contribution in [3.63, 3.8) is 0 Å². The topological polar surface area (TPSA) is 66.4 Å². The van der Waals surface area contributed by atoms with E-state index in [2.05, 4.69) is 19.6 Å². The zero-order valence-electron chi connectivity index (χ0n) is 12.6. The van der Waals surface area contributed by atoms with Gasteiger partial charge in [0.25, 0.3) is 0 Å². The van der Waals surface area contributed by atoms with Crippen molar-refractivity contribution in [3.8, 4) is 0 Å². The van der Waals surface area contributed by atoms with E-state index >= 15 is 0 Å². The predicted molar refractivity (Wildman–Crippen MR) is 72.6 cm³/mol. The van der Waals surface area contributed by atoms with E-state index in [9.17, 15) is 5.11 Å². The van der Waals surface area contributed by atoms with Gasteiger partial charge in [0.15, 0.2) is 14.6 Å². The highest BCUT2D eigenvalue weighted by Gasteiger charge is 2.46. The average Bonchev–Trinajstić information content (AvgIpc) is 2.34. The van der Waals surface area contributed by atoms with Crippen molar-refractivity contribution in [2.24, 2.45) is 0 Å². The van der Waals surface area contributed by atoms with Gasteiger partial charge in [-0.1, -0.05) is 0 Å². The first-order valence-electron chi connectivity index (χ1n) is 6.40. The second-order valence-corrected chi connectivity index (χ2v) is 10.1. The summed E-state index contributed by atoms with van der Waals surface area (Å²) < 4.78 is 27.4. The molecule has 0 spiro atoms. The third-order valence-electron chi connectivity index (χ3n) is 3.11. The molecule has 0 amide bonds. The van der Waals surface area contributed by atoms with E-state index in [-0.39, 0.29) is 12.2 Å². The summed E-state index contributed by atoms with van der Waals surface area (Å²) in [6, 6.07) is 0. The van der Waals surface area contributed by atoms with Crippen LogP contribution in [0.4, 0.5) is 0 Å². The lowest BCUT2D eigenvalue weighted by atomic mass is 9.99. The number of rotatable bonds is 6. The molecule has 0 radical (unpaired) electrons. The van der Waals surface area contributed by atoms with E-state index in [1.54, 1.807) is 14.2 Å². The highest BCUT2D eigenvalue weighted by molar-refractivity contribution is 6.69. The van der Waals surface area contributed by atoms with Crippen LogP contribution in [0.3, 0.4) is 0 Å². The average molecular weight is 294 g/mol. The van der Waals surface area contributed by atoms with Crippen molar-refractivity contribution in [1.29, 1.82) is 0 Å². The van der Waals surface area contributed by atoms with Gasteiger partial charge in [-0.15, -0.1) is 0 Å². The maximum atomic E-state index is 9.96. The van der Waals surface area contributed by atoms with Gasteiger partial charge in [-0.2, -0.15) is 0 Å². The Balaban J connectivity index is 2.75. The third kappa shape index (κ3) is 4.49. The maximum Gasteiger partial charge on any atom is 0.184 e. The summed E-state index contributed by atoms with van der Waals surface area (Å²) in [7, 11) is 3.01. The molecule has 0 bridgehead atoms. The molecule has 0 saturated carbocycles. The van der Waals surface area contributed by atoms with E-state index in [1.807, 2.05) is 0 Å². The fourth-order valence-electron chi connectivity index (χ4n) is 2.17. The Morgan fingerprint density at radius 2 is 1.47 bits per heavy atom. The van der Waals surface area contributed by atoms with Crippen LogP contribution in [0.25, 0.3) is 0 Å². The lowest BCUT2D eigenvalue weighted by Crippen LogP contribution is -2.61. The molecule has 1 fully saturated rings. The lowest BCUT2D eigenvalue weighted by Gasteiger charge is -2.43. The van der Waals surface area contributed by atoms with Gasteiger partial charge in [0.05, 0.1) is 6.61 Å². The molecule has 0 aliphatic carbocycles. The number of methoxy groups -OCH3 is 3. The highest BCUT2D eigenvalue weighted by Crippen LogP contribution is 2.26. The minimum Gasteiger partial charge on any atom is -0.415 e.